The van der Waals surface area contributed by atoms with E-state index in [-0.39, 0.29) is 17.5 Å². The molecule has 112 valence electrons. The Bertz CT molecular complexity index is 668. The van der Waals surface area contributed by atoms with Crippen LogP contribution in [0.4, 0.5) is 0 Å². The Morgan fingerprint density at radius 3 is 2.52 bits per heavy atom. The zero-order valence-electron chi connectivity index (χ0n) is 13.1. The Morgan fingerprint density at radius 1 is 1.19 bits per heavy atom. The molecule has 0 fully saturated rings. The molecule has 0 bridgehead atoms. The minimum Gasteiger partial charge on any atom is -0.352 e. The molecule has 1 aromatic carbocycles. The monoisotopic (exact) mass is 286 g/mol. The maximum atomic E-state index is 12.1. The largest absolute Gasteiger partial charge is 0.352 e. The number of nitrogens with one attached hydrogen (secondary N) is 1. The highest BCUT2D eigenvalue weighted by atomic mass is 16.1. The number of carbonyl (C=O) groups excluding carboxylic acids is 2. The first-order valence-electron chi connectivity index (χ1n) is 7.23. The van der Waals surface area contributed by atoms with Gasteiger partial charge in [0.1, 0.15) is 0 Å². The number of fused-ring (bicyclic) bond motifs is 1. The summed E-state index contributed by atoms with van der Waals surface area (Å²) in [5.41, 5.74) is 2.20. The second kappa shape index (κ2) is 6.22. The fraction of sp³-hybridized carbons (Fsp3) is 0.412. The van der Waals surface area contributed by atoms with Gasteiger partial charge >= 0.3 is 0 Å². The predicted molar refractivity (Wildman–Crippen MR) is 85.0 cm³/mol. The van der Waals surface area contributed by atoms with Crippen LogP contribution in [-0.4, -0.2) is 42.1 Å². The molecule has 4 heteroatoms. The van der Waals surface area contributed by atoms with Gasteiger partial charge in [0.15, 0.2) is 11.6 Å². The van der Waals surface area contributed by atoms with Gasteiger partial charge in [0.2, 0.25) is 0 Å². The Balaban J connectivity index is 2.25. The number of Topliss-reactive ketones (excluding diaryl/α,β-unsaturated/α-hetero) is 2. The van der Waals surface area contributed by atoms with Crippen LogP contribution in [0, 0.1) is 5.92 Å². The molecule has 0 atom stereocenters. The van der Waals surface area contributed by atoms with E-state index in [9.17, 15) is 9.59 Å². The average Bonchev–Trinajstić information content (AvgIpc) is 2.86. The summed E-state index contributed by atoms with van der Waals surface area (Å²) in [4.78, 5) is 29.3. The molecule has 0 saturated heterocycles. The van der Waals surface area contributed by atoms with Gasteiger partial charge in [-0.05, 0) is 38.4 Å². The van der Waals surface area contributed by atoms with Crippen LogP contribution in [0.3, 0.4) is 0 Å². The second-order valence-corrected chi connectivity index (χ2v) is 5.98. The minimum absolute atomic E-state index is 0.0424. The number of ketones is 2. The van der Waals surface area contributed by atoms with Gasteiger partial charge in [-0.1, -0.05) is 13.8 Å². The molecule has 2 aromatic rings. The summed E-state index contributed by atoms with van der Waals surface area (Å²) in [7, 11) is 3.90. The van der Waals surface area contributed by atoms with Crippen LogP contribution in [0.2, 0.25) is 0 Å². The zero-order valence-corrected chi connectivity index (χ0v) is 13.1. The topological polar surface area (TPSA) is 53.2 Å². The highest BCUT2D eigenvalue weighted by Gasteiger charge is 2.14. The number of rotatable bonds is 6. The van der Waals surface area contributed by atoms with E-state index >= 15 is 0 Å². The molecule has 1 heterocycles. The summed E-state index contributed by atoms with van der Waals surface area (Å²) in [6.07, 6.45) is 0.501. The SMILES string of the molecule is CC(C)C(=O)c1cc2cc(C(=O)CCN(C)C)ccc2[nH]1. The van der Waals surface area contributed by atoms with E-state index in [2.05, 4.69) is 4.98 Å². The summed E-state index contributed by atoms with van der Waals surface area (Å²) < 4.78 is 0. The van der Waals surface area contributed by atoms with Crippen LogP contribution in [0.1, 0.15) is 41.1 Å². The molecule has 4 nitrogen and oxygen atoms in total. The molecule has 21 heavy (non-hydrogen) atoms. The molecule has 0 radical (unpaired) electrons. The van der Waals surface area contributed by atoms with Gasteiger partial charge in [-0.2, -0.15) is 0 Å². The van der Waals surface area contributed by atoms with E-state index in [0.29, 0.717) is 17.7 Å². The van der Waals surface area contributed by atoms with E-state index in [1.165, 1.54) is 0 Å². The lowest BCUT2D eigenvalue weighted by molar-refractivity contribution is 0.0934. The number of aromatic nitrogens is 1. The van der Waals surface area contributed by atoms with Crippen molar-refractivity contribution in [1.29, 1.82) is 0 Å². The lowest BCUT2D eigenvalue weighted by Gasteiger charge is -2.08. The van der Waals surface area contributed by atoms with E-state index in [4.69, 9.17) is 0 Å². The summed E-state index contributed by atoms with van der Waals surface area (Å²) in [5, 5.41) is 0.912. The van der Waals surface area contributed by atoms with Crippen molar-refractivity contribution in [3.63, 3.8) is 0 Å². The van der Waals surface area contributed by atoms with Crippen molar-refractivity contribution in [3.05, 3.63) is 35.5 Å². The smallest absolute Gasteiger partial charge is 0.181 e. The van der Waals surface area contributed by atoms with Crippen molar-refractivity contribution in [1.82, 2.24) is 9.88 Å². The van der Waals surface area contributed by atoms with Crippen LogP contribution in [0.15, 0.2) is 24.3 Å². The quantitative estimate of drug-likeness (QED) is 0.830. The third-order valence-electron chi connectivity index (χ3n) is 3.52. The van der Waals surface area contributed by atoms with Crippen LogP contribution in [0.25, 0.3) is 10.9 Å². The molecule has 1 N–H and O–H groups in total. The number of carbonyl (C=O) groups is 2. The van der Waals surface area contributed by atoms with Gasteiger partial charge < -0.3 is 9.88 Å². The Kier molecular flexibility index (Phi) is 4.58. The number of hydrogen-bond acceptors (Lipinski definition) is 3. The third kappa shape index (κ3) is 3.58. The van der Waals surface area contributed by atoms with Crippen LogP contribution in [0.5, 0.6) is 0 Å². The van der Waals surface area contributed by atoms with Crippen molar-refractivity contribution in [2.75, 3.05) is 20.6 Å². The van der Waals surface area contributed by atoms with Gasteiger partial charge in [-0.3, -0.25) is 9.59 Å². The van der Waals surface area contributed by atoms with Gasteiger partial charge in [0, 0.05) is 35.3 Å². The lowest BCUT2D eigenvalue weighted by atomic mass is 10.0. The van der Waals surface area contributed by atoms with Gasteiger partial charge in [0.25, 0.3) is 0 Å². The fourth-order valence-corrected chi connectivity index (χ4v) is 2.22. The highest BCUT2D eigenvalue weighted by Crippen LogP contribution is 2.20. The Morgan fingerprint density at radius 2 is 1.90 bits per heavy atom. The summed E-state index contributed by atoms with van der Waals surface area (Å²) in [6.45, 7) is 4.50. The van der Waals surface area contributed by atoms with Crippen molar-refractivity contribution in [2.45, 2.75) is 20.3 Å². The van der Waals surface area contributed by atoms with Crippen LogP contribution >= 0.6 is 0 Å². The van der Waals surface area contributed by atoms with Crippen molar-refractivity contribution < 1.29 is 9.59 Å². The number of H-pyrrole nitrogens is 1. The van der Waals surface area contributed by atoms with Gasteiger partial charge in [-0.15, -0.1) is 0 Å². The molecular formula is C17H22N2O2. The Labute approximate surface area is 125 Å². The number of hydrogen-bond donors (Lipinski definition) is 1. The minimum atomic E-state index is -0.0424. The maximum absolute atomic E-state index is 12.1. The normalized spacial score (nSPS) is 11.5. The first-order chi connectivity index (χ1) is 9.88. The number of aromatic amines is 1. The van der Waals surface area contributed by atoms with Gasteiger partial charge in [0.05, 0.1) is 5.69 Å². The molecule has 0 saturated carbocycles. The molecule has 2 rings (SSSR count). The van der Waals surface area contributed by atoms with Gasteiger partial charge in [-0.25, -0.2) is 0 Å². The zero-order chi connectivity index (χ0) is 15.6. The van der Waals surface area contributed by atoms with E-state index in [1.54, 1.807) is 0 Å². The summed E-state index contributed by atoms with van der Waals surface area (Å²) in [6, 6.07) is 7.39. The lowest BCUT2D eigenvalue weighted by Crippen LogP contribution is -2.16. The highest BCUT2D eigenvalue weighted by molar-refractivity contribution is 6.03. The van der Waals surface area contributed by atoms with E-state index < -0.39 is 0 Å². The first kappa shape index (κ1) is 15.4. The first-order valence-corrected chi connectivity index (χ1v) is 7.23. The fourth-order valence-electron chi connectivity index (χ4n) is 2.22. The molecule has 0 spiro atoms. The standard InChI is InChI=1S/C17H22N2O2/c1-11(2)17(21)15-10-13-9-12(5-6-14(13)18-15)16(20)7-8-19(3)4/h5-6,9-11,18H,7-8H2,1-4H3. The molecule has 0 aliphatic carbocycles. The predicted octanol–water partition coefficient (Wildman–Crippen LogP) is 3.14. The number of benzene rings is 1. The molecule has 1 aromatic heterocycles. The van der Waals surface area contributed by atoms with E-state index in [0.717, 1.165) is 17.4 Å². The third-order valence-corrected chi connectivity index (χ3v) is 3.52. The molecule has 0 amide bonds. The summed E-state index contributed by atoms with van der Waals surface area (Å²) >= 11 is 0. The van der Waals surface area contributed by atoms with Crippen molar-refractivity contribution >= 4 is 22.5 Å². The molecule has 0 unspecified atom stereocenters. The number of nitrogens with zero attached hydrogens (tertiary/aromatic N) is 1. The average molecular weight is 286 g/mol. The molecule has 0 aliphatic rings. The van der Waals surface area contributed by atoms with Crippen LogP contribution in [-0.2, 0) is 0 Å². The van der Waals surface area contributed by atoms with E-state index in [1.807, 2.05) is 57.1 Å². The Hall–Kier alpha value is -1.94. The second-order valence-electron chi connectivity index (χ2n) is 5.98. The summed E-state index contributed by atoms with van der Waals surface area (Å²) in [5.74, 6) is 0.175. The van der Waals surface area contributed by atoms with Crippen LogP contribution < -0.4 is 0 Å². The molecule has 0 aliphatic heterocycles. The maximum Gasteiger partial charge on any atom is 0.181 e. The van der Waals surface area contributed by atoms with Crippen molar-refractivity contribution in [3.8, 4) is 0 Å². The van der Waals surface area contributed by atoms with Crippen molar-refractivity contribution in [2.24, 2.45) is 5.92 Å². The molecular weight excluding hydrogens is 264 g/mol.